The van der Waals surface area contributed by atoms with Gasteiger partial charge in [-0.15, -0.1) is 10.2 Å². The highest BCUT2D eigenvalue weighted by Gasteiger charge is 2.33. The van der Waals surface area contributed by atoms with Crippen molar-refractivity contribution < 1.29 is 4.42 Å². The van der Waals surface area contributed by atoms with E-state index in [-0.39, 0.29) is 6.04 Å². The zero-order valence-electron chi connectivity index (χ0n) is 14.0. The first-order valence-corrected chi connectivity index (χ1v) is 8.35. The molecule has 124 valence electrons. The first kappa shape index (κ1) is 15.1. The predicted molar refractivity (Wildman–Crippen MR) is 90.0 cm³/mol. The summed E-state index contributed by atoms with van der Waals surface area (Å²) in [5.74, 6) is 1.25. The van der Waals surface area contributed by atoms with Gasteiger partial charge in [0.2, 0.25) is 11.8 Å². The largest absolute Gasteiger partial charge is 0.419 e. The highest BCUT2D eigenvalue weighted by atomic mass is 16.4. The molecule has 24 heavy (non-hydrogen) atoms. The summed E-state index contributed by atoms with van der Waals surface area (Å²) < 4.78 is 7.81. The lowest BCUT2D eigenvalue weighted by atomic mass is 10.1. The zero-order valence-corrected chi connectivity index (χ0v) is 14.0. The number of rotatable bonds is 4. The second kappa shape index (κ2) is 6.20. The van der Waals surface area contributed by atoms with Gasteiger partial charge in [-0.1, -0.05) is 18.2 Å². The van der Waals surface area contributed by atoms with Crippen molar-refractivity contribution in [3.63, 3.8) is 0 Å². The molecule has 0 radical (unpaired) electrons. The minimum Gasteiger partial charge on any atom is -0.419 e. The Morgan fingerprint density at radius 1 is 1.21 bits per heavy atom. The minimum atomic E-state index is 0.0858. The smallest absolute Gasteiger partial charge is 0.247 e. The molecule has 1 saturated heterocycles. The molecule has 3 heterocycles. The molecule has 0 spiro atoms. The van der Waals surface area contributed by atoms with E-state index in [9.17, 15) is 0 Å². The molecule has 1 aliphatic heterocycles. The van der Waals surface area contributed by atoms with Gasteiger partial charge in [-0.2, -0.15) is 5.10 Å². The number of hydrogen-bond acceptors (Lipinski definition) is 5. The topological polar surface area (TPSA) is 60.0 Å². The number of likely N-dealkylation sites (tertiary alicyclic amines) is 1. The second-order valence-electron chi connectivity index (χ2n) is 6.33. The molecule has 0 aliphatic carbocycles. The van der Waals surface area contributed by atoms with Crippen molar-refractivity contribution in [1.82, 2.24) is 24.9 Å². The maximum atomic E-state index is 5.95. The quantitative estimate of drug-likeness (QED) is 0.737. The molecule has 2 atom stereocenters. The van der Waals surface area contributed by atoms with E-state index in [1.807, 2.05) is 48.3 Å². The van der Waals surface area contributed by atoms with Crippen LogP contribution < -0.4 is 0 Å². The van der Waals surface area contributed by atoms with Crippen LogP contribution in [0.5, 0.6) is 0 Å². The third-order valence-electron chi connectivity index (χ3n) is 4.72. The lowest BCUT2D eigenvalue weighted by molar-refractivity contribution is 0.168. The molecule has 0 N–H and O–H groups in total. The fourth-order valence-electron chi connectivity index (χ4n) is 3.47. The summed E-state index contributed by atoms with van der Waals surface area (Å²) in [6.45, 7) is 3.17. The van der Waals surface area contributed by atoms with Crippen molar-refractivity contribution in [2.45, 2.75) is 31.8 Å². The molecule has 6 heteroatoms. The first-order valence-electron chi connectivity index (χ1n) is 8.35. The van der Waals surface area contributed by atoms with E-state index in [1.165, 1.54) is 12.0 Å². The van der Waals surface area contributed by atoms with E-state index in [4.69, 9.17) is 4.42 Å². The van der Waals surface area contributed by atoms with Gasteiger partial charge in [-0.3, -0.25) is 9.58 Å². The number of benzene rings is 1. The summed E-state index contributed by atoms with van der Waals surface area (Å²) >= 11 is 0. The highest BCUT2D eigenvalue weighted by molar-refractivity contribution is 5.51. The third-order valence-corrected chi connectivity index (χ3v) is 4.72. The van der Waals surface area contributed by atoms with Crippen LogP contribution in [0.4, 0.5) is 0 Å². The fourth-order valence-corrected chi connectivity index (χ4v) is 3.47. The molecule has 3 aromatic rings. The predicted octanol–water partition coefficient (Wildman–Crippen LogP) is 3.37. The van der Waals surface area contributed by atoms with Crippen LogP contribution in [-0.4, -0.2) is 31.4 Å². The Balaban J connectivity index is 1.57. The Hall–Kier alpha value is -2.47. The molecule has 2 unspecified atom stereocenters. The standard InChI is InChI=1S/C18H21N5O/c1-13(17-20-21-18(24-17)14-7-4-3-5-8-14)23-10-6-9-16(23)15-11-19-22(2)12-15/h3-5,7-8,11-13,16H,6,9-10H2,1-2H3. The van der Waals surface area contributed by atoms with Gasteiger partial charge in [0.15, 0.2) is 0 Å². The van der Waals surface area contributed by atoms with Crippen LogP contribution >= 0.6 is 0 Å². The summed E-state index contributed by atoms with van der Waals surface area (Å²) in [5, 5.41) is 12.8. The Morgan fingerprint density at radius 3 is 2.79 bits per heavy atom. The Kier molecular flexibility index (Phi) is 3.90. The van der Waals surface area contributed by atoms with E-state index in [0.29, 0.717) is 17.8 Å². The van der Waals surface area contributed by atoms with Crippen molar-refractivity contribution in [1.29, 1.82) is 0 Å². The van der Waals surface area contributed by atoms with E-state index in [2.05, 4.69) is 33.3 Å². The second-order valence-corrected chi connectivity index (χ2v) is 6.33. The normalized spacial score (nSPS) is 19.7. The zero-order chi connectivity index (χ0) is 16.5. The lowest BCUT2D eigenvalue weighted by Gasteiger charge is -2.27. The van der Waals surface area contributed by atoms with Crippen molar-refractivity contribution in [3.05, 3.63) is 54.2 Å². The maximum absolute atomic E-state index is 5.95. The molecule has 0 saturated carbocycles. The van der Waals surface area contributed by atoms with Crippen molar-refractivity contribution in [2.75, 3.05) is 6.54 Å². The molecule has 1 aromatic carbocycles. The molecule has 4 rings (SSSR count). The molecule has 6 nitrogen and oxygen atoms in total. The van der Waals surface area contributed by atoms with Crippen LogP contribution in [0, 0.1) is 0 Å². The fraction of sp³-hybridized carbons (Fsp3) is 0.389. The number of aryl methyl sites for hydroxylation is 1. The maximum Gasteiger partial charge on any atom is 0.247 e. The van der Waals surface area contributed by atoms with Crippen LogP contribution in [0.25, 0.3) is 11.5 Å². The van der Waals surface area contributed by atoms with Crippen LogP contribution in [0.2, 0.25) is 0 Å². The summed E-state index contributed by atoms with van der Waals surface area (Å²) in [6, 6.07) is 10.3. The monoisotopic (exact) mass is 323 g/mol. The van der Waals surface area contributed by atoms with Crippen LogP contribution in [0.15, 0.2) is 47.1 Å². The highest BCUT2D eigenvalue weighted by Crippen LogP contribution is 2.38. The van der Waals surface area contributed by atoms with E-state index < -0.39 is 0 Å². The molecule has 2 aromatic heterocycles. The third kappa shape index (κ3) is 2.73. The van der Waals surface area contributed by atoms with Gasteiger partial charge in [0.05, 0.1) is 12.2 Å². The number of aromatic nitrogens is 4. The Labute approximate surface area is 141 Å². The summed E-state index contributed by atoms with van der Waals surface area (Å²) in [4.78, 5) is 2.43. The number of nitrogens with zero attached hydrogens (tertiary/aromatic N) is 5. The average molecular weight is 323 g/mol. The van der Waals surface area contributed by atoms with E-state index in [1.54, 1.807) is 0 Å². The Morgan fingerprint density at radius 2 is 2.04 bits per heavy atom. The van der Waals surface area contributed by atoms with Crippen molar-refractivity contribution in [2.24, 2.45) is 7.05 Å². The summed E-state index contributed by atoms with van der Waals surface area (Å²) in [6.07, 6.45) is 6.36. The molecular weight excluding hydrogens is 302 g/mol. The Bertz CT molecular complexity index is 810. The summed E-state index contributed by atoms with van der Waals surface area (Å²) in [5.41, 5.74) is 2.21. The summed E-state index contributed by atoms with van der Waals surface area (Å²) in [7, 11) is 1.95. The molecule has 0 amide bonds. The van der Waals surface area contributed by atoms with Crippen LogP contribution in [-0.2, 0) is 7.05 Å². The van der Waals surface area contributed by atoms with Crippen molar-refractivity contribution in [3.8, 4) is 11.5 Å². The van der Waals surface area contributed by atoms with Gasteiger partial charge in [0.1, 0.15) is 0 Å². The van der Waals surface area contributed by atoms with Crippen LogP contribution in [0.1, 0.15) is 43.3 Å². The van der Waals surface area contributed by atoms with E-state index >= 15 is 0 Å². The van der Waals surface area contributed by atoms with Crippen molar-refractivity contribution >= 4 is 0 Å². The van der Waals surface area contributed by atoms with Gasteiger partial charge >= 0.3 is 0 Å². The molecule has 0 bridgehead atoms. The number of hydrogen-bond donors (Lipinski definition) is 0. The van der Waals surface area contributed by atoms with Gasteiger partial charge in [0, 0.05) is 30.4 Å². The molecule has 1 fully saturated rings. The first-order chi connectivity index (χ1) is 11.7. The molecule has 1 aliphatic rings. The average Bonchev–Trinajstić information content (AvgIpc) is 3.35. The van der Waals surface area contributed by atoms with Crippen LogP contribution in [0.3, 0.4) is 0 Å². The molecular formula is C18H21N5O. The lowest BCUT2D eigenvalue weighted by Crippen LogP contribution is -2.26. The van der Waals surface area contributed by atoms with Gasteiger partial charge in [-0.05, 0) is 38.4 Å². The van der Waals surface area contributed by atoms with Gasteiger partial charge in [-0.25, -0.2) is 0 Å². The SMILES string of the molecule is CC(c1nnc(-c2ccccc2)o1)N1CCCC1c1cnn(C)c1. The van der Waals surface area contributed by atoms with Gasteiger partial charge in [0.25, 0.3) is 0 Å². The minimum absolute atomic E-state index is 0.0858. The van der Waals surface area contributed by atoms with Gasteiger partial charge < -0.3 is 4.42 Å². The van der Waals surface area contributed by atoms with E-state index in [0.717, 1.165) is 18.5 Å².